The number of hydrogen-bond acceptors (Lipinski definition) is 4. The summed E-state index contributed by atoms with van der Waals surface area (Å²) in [6.07, 6.45) is 3.00. The van der Waals surface area contributed by atoms with Crippen LogP contribution in [0, 0.1) is 0 Å². The first-order valence-corrected chi connectivity index (χ1v) is 6.17. The molecule has 0 spiro atoms. The molecule has 2 atom stereocenters. The first kappa shape index (κ1) is 13.5. The molecule has 1 aliphatic heterocycles. The van der Waals surface area contributed by atoms with Gasteiger partial charge in [-0.2, -0.15) is 5.10 Å². The van der Waals surface area contributed by atoms with Crippen LogP contribution in [0.25, 0.3) is 0 Å². The van der Waals surface area contributed by atoms with Crippen LogP contribution < -0.4 is 0 Å². The lowest BCUT2D eigenvalue weighted by molar-refractivity contribution is -0.173. The molecule has 19 heavy (non-hydrogen) atoms. The maximum absolute atomic E-state index is 11.9. The van der Waals surface area contributed by atoms with E-state index in [4.69, 9.17) is 4.74 Å². The van der Waals surface area contributed by atoms with Crippen LogP contribution in [0.5, 0.6) is 0 Å². The van der Waals surface area contributed by atoms with Crippen LogP contribution >= 0.6 is 0 Å². The molecule has 7 nitrogen and oxygen atoms in total. The number of morpholine rings is 1. The molecular weight excluding hydrogens is 250 g/mol. The quantitative estimate of drug-likeness (QED) is 0.841. The second-order valence-electron chi connectivity index (χ2n) is 4.55. The molecule has 1 N–H and O–H groups in total. The smallest absolute Gasteiger partial charge is 0.335 e. The SMILES string of the molecule is CCCN1C(=O)COC(C(=O)O)C1c1cnn(C)c1. The maximum Gasteiger partial charge on any atom is 0.335 e. The summed E-state index contributed by atoms with van der Waals surface area (Å²) in [4.78, 5) is 24.8. The van der Waals surface area contributed by atoms with E-state index < -0.39 is 18.1 Å². The third-order valence-corrected chi connectivity index (χ3v) is 3.10. The fourth-order valence-corrected chi connectivity index (χ4v) is 2.31. The van der Waals surface area contributed by atoms with E-state index in [-0.39, 0.29) is 12.5 Å². The lowest BCUT2D eigenvalue weighted by Crippen LogP contribution is -2.51. The van der Waals surface area contributed by atoms with Crippen molar-refractivity contribution in [1.82, 2.24) is 14.7 Å². The number of aryl methyl sites for hydroxylation is 1. The Bertz CT molecular complexity index is 485. The second kappa shape index (κ2) is 5.40. The predicted octanol–water partition coefficient (Wildman–Crippen LogP) is 0.183. The first-order valence-electron chi connectivity index (χ1n) is 6.17. The molecule has 0 aromatic carbocycles. The molecule has 2 heterocycles. The standard InChI is InChI=1S/C12H17N3O4/c1-3-4-15-9(16)7-19-11(12(17)18)10(15)8-5-13-14(2)6-8/h5-6,10-11H,3-4,7H2,1-2H3,(H,17,18). The van der Waals surface area contributed by atoms with Gasteiger partial charge in [0.1, 0.15) is 6.61 Å². The van der Waals surface area contributed by atoms with E-state index in [1.54, 1.807) is 29.0 Å². The largest absolute Gasteiger partial charge is 0.479 e. The molecule has 0 aliphatic carbocycles. The van der Waals surface area contributed by atoms with Crippen LogP contribution in [-0.4, -0.2) is 50.9 Å². The van der Waals surface area contributed by atoms with Gasteiger partial charge in [0.15, 0.2) is 6.10 Å². The third-order valence-electron chi connectivity index (χ3n) is 3.10. The van der Waals surface area contributed by atoms with Crippen LogP contribution in [0.1, 0.15) is 24.9 Å². The Kier molecular flexibility index (Phi) is 3.84. The summed E-state index contributed by atoms with van der Waals surface area (Å²) in [5.74, 6) is -1.25. The summed E-state index contributed by atoms with van der Waals surface area (Å²) >= 11 is 0. The van der Waals surface area contributed by atoms with E-state index in [0.717, 1.165) is 6.42 Å². The average molecular weight is 267 g/mol. The zero-order valence-corrected chi connectivity index (χ0v) is 10.9. The monoisotopic (exact) mass is 267 g/mol. The van der Waals surface area contributed by atoms with Crippen molar-refractivity contribution in [2.24, 2.45) is 7.05 Å². The van der Waals surface area contributed by atoms with Gasteiger partial charge in [0.2, 0.25) is 5.91 Å². The van der Waals surface area contributed by atoms with Crippen molar-refractivity contribution >= 4 is 11.9 Å². The number of rotatable bonds is 4. The Morgan fingerprint density at radius 1 is 1.63 bits per heavy atom. The van der Waals surface area contributed by atoms with E-state index in [0.29, 0.717) is 12.1 Å². The number of ether oxygens (including phenoxy) is 1. The number of carbonyl (C=O) groups excluding carboxylic acids is 1. The number of aromatic nitrogens is 2. The summed E-state index contributed by atoms with van der Waals surface area (Å²) in [6.45, 7) is 2.26. The summed E-state index contributed by atoms with van der Waals surface area (Å²) in [5, 5.41) is 13.3. The van der Waals surface area contributed by atoms with E-state index in [1.165, 1.54) is 0 Å². The molecule has 1 aromatic heterocycles. The molecule has 104 valence electrons. The number of carbonyl (C=O) groups is 2. The zero-order chi connectivity index (χ0) is 14.0. The second-order valence-corrected chi connectivity index (χ2v) is 4.55. The summed E-state index contributed by atoms with van der Waals surface area (Å²) in [5.41, 5.74) is 0.677. The molecule has 1 fully saturated rings. The van der Waals surface area contributed by atoms with Crippen molar-refractivity contribution < 1.29 is 19.4 Å². The van der Waals surface area contributed by atoms with Crippen molar-refractivity contribution in [1.29, 1.82) is 0 Å². The normalized spacial score (nSPS) is 23.7. The minimum absolute atomic E-state index is 0.187. The number of carboxylic acid groups (broad SMARTS) is 1. The van der Waals surface area contributed by atoms with Crippen molar-refractivity contribution in [3.05, 3.63) is 18.0 Å². The Balaban J connectivity index is 2.37. The number of aliphatic carboxylic acids is 1. The van der Waals surface area contributed by atoms with Gasteiger partial charge in [-0.05, 0) is 6.42 Å². The van der Waals surface area contributed by atoms with Crippen LogP contribution in [-0.2, 0) is 21.4 Å². The van der Waals surface area contributed by atoms with Crippen molar-refractivity contribution in [2.45, 2.75) is 25.5 Å². The molecule has 1 aromatic rings. The Hall–Kier alpha value is -1.89. The lowest BCUT2D eigenvalue weighted by atomic mass is 10.0. The highest BCUT2D eigenvalue weighted by Gasteiger charge is 2.42. The van der Waals surface area contributed by atoms with Gasteiger partial charge in [0.25, 0.3) is 0 Å². The van der Waals surface area contributed by atoms with Gasteiger partial charge in [-0.3, -0.25) is 9.48 Å². The van der Waals surface area contributed by atoms with E-state index >= 15 is 0 Å². The lowest BCUT2D eigenvalue weighted by Gasteiger charge is -2.38. The number of hydrogen-bond donors (Lipinski definition) is 1. The van der Waals surface area contributed by atoms with Gasteiger partial charge in [0.05, 0.1) is 12.2 Å². The fourth-order valence-electron chi connectivity index (χ4n) is 2.31. The Morgan fingerprint density at radius 2 is 2.37 bits per heavy atom. The van der Waals surface area contributed by atoms with Crippen molar-refractivity contribution in [3.63, 3.8) is 0 Å². The van der Waals surface area contributed by atoms with Gasteiger partial charge < -0.3 is 14.7 Å². The maximum atomic E-state index is 11.9. The molecule has 0 bridgehead atoms. The Morgan fingerprint density at radius 3 is 2.89 bits per heavy atom. The van der Waals surface area contributed by atoms with Gasteiger partial charge in [-0.25, -0.2) is 4.79 Å². The van der Waals surface area contributed by atoms with Crippen LogP contribution in [0.2, 0.25) is 0 Å². The molecule has 0 saturated carbocycles. The molecule has 2 rings (SSSR count). The zero-order valence-electron chi connectivity index (χ0n) is 10.9. The summed E-state index contributed by atoms with van der Waals surface area (Å²) < 4.78 is 6.76. The molecule has 2 unspecified atom stereocenters. The van der Waals surface area contributed by atoms with Gasteiger partial charge in [0, 0.05) is 25.4 Å². The Labute approximate surface area is 110 Å². The number of amides is 1. The topological polar surface area (TPSA) is 84.7 Å². The first-order chi connectivity index (χ1) is 9.04. The highest BCUT2D eigenvalue weighted by molar-refractivity contribution is 5.82. The van der Waals surface area contributed by atoms with Crippen molar-refractivity contribution in [3.8, 4) is 0 Å². The fraction of sp³-hybridized carbons (Fsp3) is 0.583. The average Bonchev–Trinajstić information content (AvgIpc) is 2.78. The highest BCUT2D eigenvalue weighted by Crippen LogP contribution is 2.30. The number of carboxylic acids is 1. The van der Waals surface area contributed by atoms with Crippen LogP contribution in [0.4, 0.5) is 0 Å². The minimum atomic E-state index is -1.07. The van der Waals surface area contributed by atoms with E-state index in [1.807, 2.05) is 6.92 Å². The third kappa shape index (κ3) is 2.60. The predicted molar refractivity (Wildman–Crippen MR) is 65.3 cm³/mol. The van der Waals surface area contributed by atoms with Crippen molar-refractivity contribution in [2.75, 3.05) is 13.2 Å². The molecule has 0 radical (unpaired) electrons. The number of nitrogens with zero attached hydrogens (tertiary/aromatic N) is 3. The van der Waals surface area contributed by atoms with Gasteiger partial charge in [-0.1, -0.05) is 6.92 Å². The summed E-state index contributed by atoms with van der Waals surface area (Å²) in [6, 6.07) is -0.618. The molecule has 1 saturated heterocycles. The highest BCUT2D eigenvalue weighted by atomic mass is 16.5. The molecular formula is C12H17N3O4. The van der Waals surface area contributed by atoms with Gasteiger partial charge >= 0.3 is 5.97 Å². The van der Waals surface area contributed by atoms with Crippen LogP contribution in [0.3, 0.4) is 0 Å². The van der Waals surface area contributed by atoms with Crippen LogP contribution in [0.15, 0.2) is 12.4 Å². The van der Waals surface area contributed by atoms with E-state index in [9.17, 15) is 14.7 Å². The van der Waals surface area contributed by atoms with E-state index in [2.05, 4.69) is 5.10 Å². The molecule has 7 heteroatoms. The summed E-state index contributed by atoms with van der Waals surface area (Å²) in [7, 11) is 1.74. The molecule has 1 amide bonds. The molecule has 1 aliphatic rings. The minimum Gasteiger partial charge on any atom is -0.479 e. The van der Waals surface area contributed by atoms with Gasteiger partial charge in [-0.15, -0.1) is 0 Å².